The number of aromatic nitrogens is 1. The first-order valence-electron chi connectivity index (χ1n) is 10.7. The molecule has 1 aromatic heterocycles. The predicted molar refractivity (Wildman–Crippen MR) is 138 cm³/mol. The van der Waals surface area contributed by atoms with Crippen LogP contribution in [-0.2, 0) is 6.54 Å². The first-order chi connectivity index (χ1) is 16.6. The average molecular weight is 480 g/mol. The molecule has 0 saturated carbocycles. The SMILES string of the molecule is CCN1/C(=C\C=C\c2sc3ccccc3[n+]2CC)Sc2ccccc21.N#C[B-](C#N)(C#N)C#N. The Bertz CT molecular complexity index is 1370. The summed E-state index contributed by atoms with van der Waals surface area (Å²) in [5.74, 6) is 5.38. The Labute approximate surface area is 207 Å². The predicted octanol–water partition coefficient (Wildman–Crippen LogP) is 5.38. The lowest BCUT2D eigenvalue weighted by molar-refractivity contribution is -0.665. The summed E-state index contributed by atoms with van der Waals surface area (Å²) in [6, 6.07) is 17.2. The van der Waals surface area contributed by atoms with Gasteiger partial charge in [0.05, 0.1) is 10.7 Å². The van der Waals surface area contributed by atoms with Crippen LogP contribution in [-0.4, -0.2) is 12.7 Å². The summed E-state index contributed by atoms with van der Waals surface area (Å²) in [4.78, 5) is 3.72. The van der Waals surface area contributed by atoms with Gasteiger partial charge in [0.15, 0.2) is 0 Å². The van der Waals surface area contributed by atoms with Gasteiger partial charge in [-0.1, -0.05) is 53.4 Å². The summed E-state index contributed by atoms with van der Waals surface area (Å²) in [6.07, 6.45) is 3.94. The molecule has 0 unspecified atom stereocenters. The number of rotatable bonds is 4. The Kier molecular flexibility index (Phi) is 8.12. The number of nitrogens with zero attached hydrogens (tertiary/aromatic N) is 6. The average Bonchev–Trinajstić information content (AvgIpc) is 3.43. The summed E-state index contributed by atoms with van der Waals surface area (Å²) in [7, 11) is 0. The Balaban J connectivity index is 0.000000309. The molecule has 2 aromatic carbocycles. The van der Waals surface area contributed by atoms with E-state index in [0.29, 0.717) is 0 Å². The van der Waals surface area contributed by atoms with Gasteiger partial charge in [0, 0.05) is 23.6 Å². The van der Waals surface area contributed by atoms with Crippen molar-refractivity contribution in [3.05, 3.63) is 70.7 Å². The lowest BCUT2D eigenvalue weighted by Crippen LogP contribution is -2.33. The Hall–Kier alpha value is -4.02. The third kappa shape index (κ3) is 4.98. The van der Waals surface area contributed by atoms with E-state index < -0.39 is 6.15 Å². The lowest BCUT2D eigenvalue weighted by atomic mass is 9.30. The maximum absolute atomic E-state index is 8.09. The molecule has 0 aliphatic carbocycles. The van der Waals surface area contributed by atoms with Crippen molar-refractivity contribution >= 4 is 51.2 Å². The number of hydrogen-bond acceptors (Lipinski definition) is 7. The molecule has 34 heavy (non-hydrogen) atoms. The molecule has 0 radical (unpaired) electrons. The normalized spacial score (nSPS) is 13.5. The highest BCUT2D eigenvalue weighted by molar-refractivity contribution is 8.03. The highest BCUT2D eigenvalue weighted by atomic mass is 32.2. The topological polar surface area (TPSA) is 102 Å². The molecule has 6 nitrogen and oxygen atoms in total. The maximum atomic E-state index is 8.09. The van der Waals surface area contributed by atoms with Gasteiger partial charge in [-0.25, -0.2) is 21.0 Å². The summed E-state index contributed by atoms with van der Waals surface area (Å²) < 4.78 is 3.72. The summed E-state index contributed by atoms with van der Waals surface area (Å²) in [5.41, 5.74) is 2.64. The minimum atomic E-state index is -2.72. The lowest BCUT2D eigenvalue weighted by Gasteiger charge is -2.17. The highest BCUT2D eigenvalue weighted by Crippen LogP contribution is 2.45. The van der Waals surface area contributed by atoms with Crippen LogP contribution in [0.4, 0.5) is 5.69 Å². The van der Waals surface area contributed by atoms with Crippen molar-refractivity contribution in [2.75, 3.05) is 11.4 Å². The number of anilines is 1. The molecule has 1 aliphatic heterocycles. The summed E-state index contributed by atoms with van der Waals surface area (Å²) in [6.45, 7) is 6.39. The van der Waals surface area contributed by atoms with Gasteiger partial charge in [-0.3, -0.25) is 0 Å². The van der Waals surface area contributed by atoms with Crippen LogP contribution in [0.25, 0.3) is 16.3 Å². The second-order valence-corrected chi connectivity index (χ2v) is 9.34. The van der Waals surface area contributed by atoms with E-state index in [-0.39, 0.29) is 0 Å². The van der Waals surface area contributed by atoms with Gasteiger partial charge >= 0.3 is 6.15 Å². The van der Waals surface area contributed by atoms with Crippen molar-refractivity contribution in [2.24, 2.45) is 0 Å². The largest absolute Gasteiger partial charge is 0.383 e. The number of allylic oxidation sites excluding steroid dienone is 2. The number of thioether (sulfide) groups is 1. The van der Waals surface area contributed by atoms with Crippen molar-refractivity contribution in [1.29, 1.82) is 21.0 Å². The minimum absolute atomic E-state index is 0.988. The van der Waals surface area contributed by atoms with Gasteiger partial charge in [0.25, 0.3) is 5.01 Å². The van der Waals surface area contributed by atoms with E-state index in [0.717, 1.165) is 13.1 Å². The number of hydrogen-bond donors (Lipinski definition) is 0. The fourth-order valence-corrected chi connectivity index (χ4v) is 5.67. The molecule has 0 spiro atoms. The van der Waals surface area contributed by atoms with Gasteiger partial charge < -0.3 is 4.90 Å². The molecule has 9 heteroatoms. The second kappa shape index (κ2) is 11.2. The van der Waals surface area contributed by atoms with Crippen LogP contribution in [0.1, 0.15) is 18.9 Å². The van der Waals surface area contributed by atoms with Crippen molar-refractivity contribution in [2.45, 2.75) is 25.3 Å². The minimum Gasteiger partial charge on any atom is -0.335 e. The molecule has 1 aliphatic rings. The fraction of sp³-hybridized carbons (Fsp3) is 0.160. The van der Waals surface area contributed by atoms with Crippen molar-refractivity contribution < 1.29 is 4.57 Å². The summed E-state index contributed by atoms with van der Waals surface area (Å²) >= 11 is 3.70. The van der Waals surface area contributed by atoms with E-state index in [1.165, 1.54) is 54.7 Å². The van der Waals surface area contributed by atoms with E-state index in [1.54, 1.807) is 0 Å². The van der Waals surface area contributed by atoms with Gasteiger partial charge in [-0.2, -0.15) is 4.57 Å². The fourth-order valence-electron chi connectivity index (χ4n) is 3.39. The quantitative estimate of drug-likeness (QED) is 0.367. The molecule has 0 amide bonds. The van der Waals surface area contributed by atoms with Crippen LogP contribution >= 0.6 is 23.1 Å². The molecule has 166 valence electrons. The number of para-hydroxylation sites is 2. The highest BCUT2D eigenvalue weighted by Gasteiger charge is 2.23. The smallest absolute Gasteiger partial charge is 0.335 e. The Morgan fingerprint density at radius 3 is 2.21 bits per heavy atom. The number of nitriles is 4. The Morgan fingerprint density at radius 2 is 1.59 bits per heavy atom. The third-order valence-corrected chi connectivity index (χ3v) is 7.42. The van der Waals surface area contributed by atoms with Gasteiger partial charge in [-0.15, -0.1) is 23.9 Å². The molecule has 3 aromatic rings. The van der Waals surface area contributed by atoms with E-state index in [9.17, 15) is 0 Å². The molecular formula is C25H21BN6S2. The number of thiazole rings is 1. The molecule has 0 N–H and O–H groups in total. The van der Waals surface area contributed by atoms with Crippen LogP contribution in [0.2, 0.25) is 0 Å². The standard InChI is InChI=1S/C21H21N2S2.C4BN4/c1-3-22-16-10-5-7-12-18(16)24-20(22)14-9-15-21-23(4-2)17-11-6-8-13-19(17)25-21;6-1-5(2-7,3-8)4-9/h5-15H,3-4H2,1-2H3;/q+1;-1. The van der Waals surface area contributed by atoms with Crippen LogP contribution < -0.4 is 9.47 Å². The maximum Gasteiger partial charge on any atom is 0.383 e. The molecule has 0 atom stereocenters. The zero-order valence-corrected chi connectivity index (χ0v) is 20.5. The van der Waals surface area contributed by atoms with Crippen LogP contribution in [0.5, 0.6) is 0 Å². The van der Waals surface area contributed by atoms with E-state index in [4.69, 9.17) is 21.0 Å². The molecule has 4 rings (SSSR count). The summed E-state index contributed by atoms with van der Waals surface area (Å²) in [5, 5.41) is 34.9. The zero-order chi connectivity index (χ0) is 24.6. The van der Waals surface area contributed by atoms with Crippen molar-refractivity contribution in [3.8, 4) is 23.9 Å². The zero-order valence-electron chi connectivity index (χ0n) is 18.8. The second-order valence-electron chi connectivity index (χ2n) is 7.21. The first kappa shape index (κ1) is 24.6. The molecule has 0 saturated heterocycles. The molecule has 0 fully saturated rings. The molecule has 0 bridgehead atoms. The monoisotopic (exact) mass is 480 g/mol. The van der Waals surface area contributed by atoms with Crippen molar-refractivity contribution in [3.63, 3.8) is 0 Å². The van der Waals surface area contributed by atoms with Gasteiger partial charge in [-0.05, 0) is 38.1 Å². The van der Waals surface area contributed by atoms with Crippen LogP contribution in [0.15, 0.2) is 70.6 Å². The Morgan fingerprint density at radius 1 is 0.941 bits per heavy atom. The molecular weight excluding hydrogens is 459 g/mol. The first-order valence-corrected chi connectivity index (χ1v) is 12.3. The van der Waals surface area contributed by atoms with Crippen molar-refractivity contribution in [1.82, 2.24) is 0 Å². The van der Waals surface area contributed by atoms with Gasteiger partial charge in [0.2, 0.25) is 5.52 Å². The number of aryl methyl sites for hydroxylation is 1. The number of fused-ring (bicyclic) bond motifs is 2. The van der Waals surface area contributed by atoms with Crippen LogP contribution in [0, 0.1) is 44.9 Å². The van der Waals surface area contributed by atoms with Gasteiger partial charge in [0.1, 0.15) is 11.2 Å². The molecule has 2 heterocycles. The van der Waals surface area contributed by atoms with E-state index in [2.05, 4.69) is 90.1 Å². The van der Waals surface area contributed by atoms with E-state index >= 15 is 0 Å². The third-order valence-electron chi connectivity index (χ3n) is 5.16. The van der Waals surface area contributed by atoms with E-state index in [1.807, 2.05) is 23.1 Å². The number of benzene rings is 2. The van der Waals surface area contributed by atoms with Crippen LogP contribution in [0.3, 0.4) is 0 Å².